The van der Waals surface area contributed by atoms with Crippen molar-refractivity contribution in [3.05, 3.63) is 51.7 Å². The van der Waals surface area contributed by atoms with E-state index in [0.29, 0.717) is 17.1 Å². The topological polar surface area (TPSA) is 78.7 Å². The number of nitrogens with one attached hydrogen (secondary N) is 1. The van der Waals surface area contributed by atoms with Gasteiger partial charge in [0.1, 0.15) is 11.1 Å². The molecule has 1 amide bonds. The number of fused-ring (bicyclic) bond motifs is 1. The van der Waals surface area contributed by atoms with Crippen LogP contribution in [0.3, 0.4) is 0 Å². The number of carbonyl (C=O) groups excluding carboxylic acids is 1. The molecule has 28 heavy (non-hydrogen) atoms. The van der Waals surface area contributed by atoms with Gasteiger partial charge in [0.25, 0.3) is 0 Å². The Morgan fingerprint density at radius 3 is 2.75 bits per heavy atom. The number of aryl methyl sites for hydroxylation is 2. The molecule has 2 aromatic heterocycles. The number of nitrogens with zero attached hydrogens (tertiary/aromatic N) is 3. The van der Waals surface area contributed by atoms with Crippen LogP contribution in [0.2, 0.25) is 0 Å². The van der Waals surface area contributed by atoms with Crippen LogP contribution in [0.15, 0.2) is 29.3 Å². The van der Waals surface area contributed by atoms with Crippen molar-refractivity contribution >= 4 is 39.2 Å². The van der Waals surface area contributed by atoms with Gasteiger partial charge in [-0.25, -0.2) is 9.97 Å². The number of aromatic nitrogens is 2. The van der Waals surface area contributed by atoms with Gasteiger partial charge in [0.05, 0.1) is 26.5 Å². The quantitative estimate of drug-likeness (QED) is 0.463. The first-order chi connectivity index (χ1) is 13.5. The lowest BCUT2D eigenvalue weighted by atomic mass is 10.1. The number of benzene rings is 1. The zero-order valence-corrected chi connectivity index (χ0v) is 17.8. The minimum Gasteiger partial charge on any atom is -0.355 e. The summed E-state index contributed by atoms with van der Waals surface area (Å²) < 4.78 is 1.20. The van der Waals surface area contributed by atoms with Gasteiger partial charge >= 0.3 is 0 Å². The number of hydrogen-bond acceptors (Lipinski definition) is 6. The molecular weight excluding hydrogens is 388 g/mol. The Labute approximate surface area is 173 Å². The van der Waals surface area contributed by atoms with Gasteiger partial charge in [0, 0.05) is 18.7 Å². The maximum Gasteiger partial charge on any atom is 0.230 e. The van der Waals surface area contributed by atoms with Crippen molar-refractivity contribution in [3.8, 4) is 6.07 Å². The minimum absolute atomic E-state index is 0.0455. The summed E-state index contributed by atoms with van der Waals surface area (Å²) in [6, 6.07) is 10.3. The first-order valence-corrected chi connectivity index (χ1v) is 10.9. The lowest BCUT2D eigenvalue weighted by Gasteiger charge is -2.11. The van der Waals surface area contributed by atoms with Crippen LogP contribution < -0.4 is 5.32 Å². The van der Waals surface area contributed by atoms with Crippen LogP contribution in [0.4, 0.5) is 0 Å². The van der Waals surface area contributed by atoms with E-state index in [1.165, 1.54) is 16.5 Å². The Balaban J connectivity index is 1.47. The Bertz CT molecular complexity index is 1020. The van der Waals surface area contributed by atoms with Crippen LogP contribution in [0.5, 0.6) is 0 Å². The number of amides is 1. The third-order valence-corrected chi connectivity index (χ3v) is 6.71. The van der Waals surface area contributed by atoms with Crippen molar-refractivity contribution in [1.29, 1.82) is 5.26 Å². The lowest BCUT2D eigenvalue weighted by Crippen LogP contribution is -2.26. The van der Waals surface area contributed by atoms with Crippen LogP contribution in [0, 0.1) is 32.1 Å². The third-order valence-electron chi connectivity index (χ3n) is 4.64. The van der Waals surface area contributed by atoms with Gasteiger partial charge in [-0.2, -0.15) is 5.26 Å². The zero-order valence-electron chi connectivity index (χ0n) is 16.2. The first-order valence-electron chi connectivity index (χ1n) is 9.11. The van der Waals surface area contributed by atoms with Crippen molar-refractivity contribution < 1.29 is 4.79 Å². The maximum absolute atomic E-state index is 12.1. The van der Waals surface area contributed by atoms with E-state index in [1.54, 1.807) is 11.3 Å². The molecule has 1 N–H and O–H groups in total. The molecule has 0 aliphatic rings. The molecule has 144 valence electrons. The highest BCUT2D eigenvalue weighted by molar-refractivity contribution is 8.00. The number of carbonyl (C=O) groups is 1. The van der Waals surface area contributed by atoms with Crippen LogP contribution >= 0.6 is 23.1 Å². The second-order valence-corrected chi connectivity index (χ2v) is 8.64. The van der Waals surface area contributed by atoms with Gasteiger partial charge in [-0.1, -0.05) is 23.9 Å². The average molecular weight is 411 g/mol. The summed E-state index contributed by atoms with van der Waals surface area (Å²) in [6.45, 7) is 6.43. The molecule has 3 aromatic rings. The molecule has 0 radical (unpaired) electrons. The summed E-state index contributed by atoms with van der Waals surface area (Å²) in [4.78, 5) is 21.2. The molecule has 0 unspecified atom stereocenters. The monoisotopic (exact) mass is 410 g/mol. The van der Waals surface area contributed by atoms with E-state index in [4.69, 9.17) is 0 Å². The summed E-state index contributed by atoms with van der Waals surface area (Å²) in [5.41, 5.74) is 4.47. The average Bonchev–Trinajstić information content (AvgIpc) is 3.11. The number of thioether (sulfide) groups is 1. The summed E-state index contributed by atoms with van der Waals surface area (Å²) in [5, 5.41) is 14.1. The number of hydrogen-bond donors (Lipinski definition) is 1. The number of para-hydroxylation sites is 1. The summed E-state index contributed by atoms with van der Waals surface area (Å²) in [7, 11) is 0. The molecule has 0 aliphatic heterocycles. The number of thiazole rings is 1. The predicted octanol–water partition coefficient (Wildman–Crippen LogP) is 4.33. The molecule has 2 heterocycles. The summed E-state index contributed by atoms with van der Waals surface area (Å²) in [6.07, 6.45) is 1.70. The van der Waals surface area contributed by atoms with Gasteiger partial charge in [0.15, 0.2) is 0 Å². The van der Waals surface area contributed by atoms with Gasteiger partial charge in [-0.05, 0) is 50.5 Å². The molecule has 0 saturated heterocycles. The van der Waals surface area contributed by atoms with E-state index in [-0.39, 0.29) is 11.7 Å². The summed E-state index contributed by atoms with van der Waals surface area (Å²) in [5.74, 6) is 0.209. The largest absolute Gasteiger partial charge is 0.355 e. The number of pyridine rings is 1. The fourth-order valence-electron chi connectivity index (χ4n) is 2.83. The maximum atomic E-state index is 12.1. The predicted molar refractivity (Wildman–Crippen MR) is 115 cm³/mol. The van der Waals surface area contributed by atoms with Crippen molar-refractivity contribution in [3.63, 3.8) is 0 Å². The molecule has 0 atom stereocenters. The van der Waals surface area contributed by atoms with Crippen LogP contribution in [-0.4, -0.2) is 28.2 Å². The SMILES string of the molecule is Cc1nc(SCC(=O)NCCCc2nc3ccccc3s2)c(C#N)c(C)c1C. The van der Waals surface area contributed by atoms with E-state index < -0.39 is 0 Å². The Morgan fingerprint density at radius 2 is 2.00 bits per heavy atom. The second-order valence-electron chi connectivity index (χ2n) is 6.56. The van der Waals surface area contributed by atoms with Crippen molar-refractivity contribution in [2.45, 2.75) is 38.6 Å². The molecule has 3 rings (SSSR count). The minimum atomic E-state index is -0.0455. The molecule has 7 heteroatoms. The number of rotatable bonds is 7. The van der Waals surface area contributed by atoms with Crippen LogP contribution in [0.1, 0.15) is 33.8 Å². The highest BCUT2D eigenvalue weighted by Gasteiger charge is 2.14. The molecule has 1 aromatic carbocycles. The van der Waals surface area contributed by atoms with E-state index in [0.717, 1.165) is 40.2 Å². The molecule has 0 fully saturated rings. The zero-order chi connectivity index (χ0) is 20.1. The van der Waals surface area contributed by atoms with Gasteiger partial charge in [0.2, 0.25) is 5.91 Å². The number of nitriles is 1. The molecule has 0 saturated carbocycles. The smallest absolute Gasteiger partial charge is 0.230 e. The summed E-state index contributed by atoms with van der Waals surface area (Å²) >= 11 is 3.02. The fourth-order valence-corrected chi connectivity index (χ4v) is 4.75. The van der Waals surface area contributed by atoms with Crippen molar-refractivity contribution in [2.75, 3.05) is 12.3 Å². The molecule has 0 aliphatic carbocycles. The normalized spacial score (nSPS) is 10.8. The van der Waals surface area contributed by atoms with E-state index in [2.05, 4.69) is 27.4 Å². The Hall–Kier alpha value is -2.43. The van der Waals surface area contributed by atoms with Gasteiger partial charge in [-0.3, -0.25) is 4.79 Å². The third kappa shape index (κ3) is 4.70. The van der Waals surface area contributed by atoms with Gasteiger partial charge in [-0.15, -0.1) is 11.3 Å². The second kappa shape index (κ2) is 9.18. The molecule has 0 spiro atoms. The van der Waals surface area contributed by atoms with Gasteiger partial charge < -0.3 is 5.32 Å². The van der Waals surface area contributed by atoms with E-state index in [9.17, 15) is 10.1 Å². The Kier molecular flexibility index (Phi) is 6.65. The highest BCUT2D eigenvalue weighted by atomic mass is 32.2. The van der Waals surface area contributed by atoms with Crippen molar-refractivity contribution in [2.24, 2.45) is 0 Å². The van der Waals surface area contributed by atoms with Crippen LogP contribution in [-0.2, 0) is 11.2 Å². The fraction of sp³-hybridized carbons (Fsp3) is 0.333. The van der Waals surface area contributed by atoms with Crippen LogP contribution in [0.25, 0.3) is 10.2 Å². The lowest BCUT2D eigenvalue weighted by molar-refractivity contribution is -0.118. The molecule has 0 bridgehead atoms. The van der Waals surface area contributed by atoms with Crippen molar-refractivity contribution in [1.82, 2.24) is 15.3 Å². The highest BCUT2D eigenvalue weighted by Crippen LogP contribution is 2.26. The first kappa shape index (κ1) is 20.3. The molecular formula is C21H22N4OS2. The standard InChI is InChI=1S/C21H22N4OS2/c1-13-14(2)16(11-22)21(24-15(13)3)27-12-19(26)23-10-6-9-20-25-17-7-4-5-8-18(17)28-20/h4-5,7-8H,6,9-10,12H2,1-3H3,(H,23,26). The van der Waals surface area contributed by atoms with E-state index >= 15 is 0 Å². The van der Waals surface area contributed by atoms with E-state index in [1.807, 2.05) is 39.0 Å². The molecule has 5 nitrogen and oxygen atoms in total. The Morgan fingerprint density at radius 1 is 1.21 bits per heavy atom.